The van der Waals surface area contributed by atoms with Crippen LogP contribution in [0.1, 0.15) is 0 Å². The second kappa shape index (κ2) is 3.51. The highest BCUT2D eigenvalue weighted by molar-refractivity contribution is 6.36. The first kappa shape index (κ1) is 11.9. The van der Waals surface area contributed by atoms with Crippen molar-refractivity contribution in [1.82, 2.24) is 9.38 Å². The third kappa shape index (κ3) is 1.01. The Morgan fingerprint density at radius 3 is 2.08 bits per heavy atom. The molecule has 0 fully saturated rings. The Morgan fingerprint density at radius 2 is 1.27 bits per heavy atom. The zero-order valence-electron chi connectivity index (χ0n) is 13.6. The Kier molecular flexibility index (Phi) is 1.60. The number of hydrogen-bond acceptors (Lipinski definition) is 2. The minimum absolute atomic E-state index is 0.911. The summed E-state index contributed by atoms with van der Waals surface area (Å²) in [6.07, 6.45) is 1.86. The molecule has 0 bridgehead atoms. The molecule has 0 N–H and O–H groups in total. The second-order valence-corrected chi connectivity index (χ2v) is 7.21. The molecule has 8 rings (SSSR count). The van der Waals surface area contributed by atoms with Crippen LogP contribution in [0.3, 0.4) is 0 Å². The molecule has 0 atom stereocenters. The second-order valence-electron chi connectivity index (χ2n) is 7.21. The smallest absolute Gasteiger partial charge is 0.139 e. The topological polar surface area (TPSA) is 30.4 Å². The fraction of sp³-hybridized carbons (Fsp3) is 0. The van der Waals surface area contributed by atoms with E-state index >= 15 is 0 Å². The normalized spacial score (nSPS) is 13.4. The molecule has 26 heavy (non-hydrogen) atoms. The van der Waals surface area contributed by atoms with Crippen LogP contribution in [0.5, 0.6) is 0 Å². The van der Waals surface area contributed by atoms with Crippen LogP contribution in [0, 0.1) is 0 Å². The molecule has 0 aliphatic carbocycles. The predicted molar refractivity (Wildman–Crippen MR) is 106 cm³/mol. The Hall–Kier alpha value is -3.59. The average Bonchev–Trinajstić information content (AvgIpc) is 3.29. The highest BCUT2D eigenvalue weighted by atomic mass is 16.3. The zero-order valence-corrected chi connectivity index (χ0v) is 13.6. The van der Waals surface area contributed by atoms with Crippen LogP contribution < -0.4 is 0 Å². The van der Waals surface area contributed by atoms with E-state index in [9.17, 15) is 0 Å². The molecule has 3 nitrogen and oxygen atoms in total. The van der Waals surface area contributed by atoms with E-state index in [1.807, 2.05) is 12.3 Å². The summed E-state index contributed by atoms with van der Waals surface area (Å²) in [5.41, 5.74) is 6.69. The van der Waals surface area contributed by atoms with Gasteiger partial charge in [-0.3, -0.25) is 4.98 Å². The molecule has 5 heterocycles. The number of hydrogen-bond donors (Lipinski definition) is 0. The number of furan rings is 1. The number of nitrogens with zero attached hydrogens (tertiary/aromatic N) is 2. The molecular weight excluding hydrogens is 320 g/mol. The van der Waals surface area contributed by atoms with Gasteiger partial charge in [0.05, 0.1) is 32.8 Å². The minimum atomic E-state index is 0.911. The molecule has 118 valence electrons. The SMILES string of the molecule is c1cc2c3cccc4c5nccc6oc7ccc8c(c1)c2n(c34)c8c7c65. The molecule has 5 aromatic heterocycles. The van der Waals surface area contributed by atoms with Gasteiger partial charge >= 0.3 is 0 Å². The van der Waals surface area contributed by atoms with Crippen molar-refractivity contribution in [2.45, 2.75) is 0 Å². The summed E-state index contributed by atoms with van der Waals surface area (Å²) in [5, 5.41) is 8.70. The Balaban J connectivity index is 2.03. The van der Waals surface area contributed by atoms with E-state index in [1.165, 1.54) is 48.9 Å². The molecule has 0 spiro atoms. The van der Waals surface area contributed by atoms with Gasteiger partial charge in [0.25, 0.3) is 0 Å². The number of rotatable bonds is 0. The molecule has 0 aliphatic rings. The van der Waals surface area contributed by atoms with Crippen molar-refractivity contribution in [3.8, 4) is 0 Å². The molecule has 0 amide bonds. The predicted octanol–water partition coefficient (Wildman–Crippen LogP) is 6.16. The average molecular weight is 330 g/mol. The van der Waals surface area contributed by atoms with Crippen molar-refractivity contribution in [2.75, 3.05) is 0 Å². The first-order valence-electron chi connectivity index (χ1n) is 8.83. The molecular formula is C23H10N2O. The van der Waals surface area contributed by atoms with Gasteiger partial charge in [-0.05, 0) is 18.2 Å². The fourth-order valence-electron chi connectivity index (χ4n) is 5.19. The number of aromatic nitrogens is 2. The van der Waals surface area contributed by atoms with E-state index in [2.05, 4.69) is 52.9 Å². The summed E-state index contributed by atoms with van der Waals surface area (Å²) in [5.74, 6) is 0. The highest BCUT2D eigenvalue weighted by Gasteiger charge is 2.25. The quantitative estimate of drug-likeness (QED) is 0.333. The standard InChI is InChI=1S/C23H10N2O/c1-3-11-12-5-2-6-15-20-18-17(9-10-24-20)26-16-8-7-14-13(4-1)21(11)25(22(12)15)23(14)19(16)18/h1-10H. The summed E-state index contributed by atoms with van der Waals surface area (Å²) >= 11 is 0. The molecule has 0 saturated heterocycles. The van der Waals surface area contributed by atoms with Gasteiger partial charge in [-0.15, -0.1) is 0 Å². The van der Waals surface area contributed by atoms with E-state index in [0.717, 1.165) is 22.1 Å². The maximum atomic E-state index is 6.20. The van der Waals surface area contributed by atoms with Crippen molar-refractivity contribution in [3.05, 3.63) is 60.8 Å². The number of benzene rings is 3. The van der Waals surface area contributed by atoms with Gasteiger partial charge in [0.2, 0.25) is 0 Å². The lowest BCUT2D eigenvalue weighted by molar-refractivity contribution is 0.669. The van der Waals surface area contributed by atoms with Crippen LogP contribution in [0.2, 0.25) is 0 Å². The van der Waals surface area contributed by atoms with E-state index < -0.39 is 0 Å². The summed E-state index contributed by atoms with van der Waals surface area (Å²) in [6, 6.07) is 19.5. The van der Waals surface area contributed by atoms with Crippen LogP contribution in [-0.2, 0) is 0 Å². The van der Waals surface area contributed by atoms with E-state index in [1.54, 1.807) is 0 Å². The number of para-hydroxylation sites is 2. The number of pyridine rings is 1. The molecule has 3 aromatic carbocycles. The maximum absolute atomic E-state index is 6.20. The van der Waals surface area contributed by atoms with Crippen LogP contribution >= 0.6 is 0 Å². The zero-order chi connectivity index (χ0) is 16.6. The van der Waals surface area contributed by atoms with Crippen LogP contribution in [0.15, 0.2) is 65.2 Å². The number of fused-ring (bicyclic) bond motifs is 3. The van der Waals surface area contributed by atoms with Gasteiger partial charge in [0.1, 0.15) is 11.2 Å². The van der Waals surface area contributed by atoms with Crippen LogP contribution in [0.25, 0.3) is 70.9 Å². The van der Waals surface area contributed by atoms with Crippen molar-refractivity contribution in [3.63, 3.8) is 0 Å². The fourth-order valence-corrected chi connectivity index (χ4v) is 5.19. The van der Waals surface area contributed by atoms with E-state index in [4.69, 9.17) is 9.40 Å². The highest BCUT2D eigenvalue weighted by Crippen LogP contribution is 2.47. The molecule has 0 radical (unpaired) electrons. The maximum Gasteiger partial charge on any atom is 0.139 e. The van der Waals surface area contributed by atoms with E-state index in [0.29, 0.717) is 0 Å². The van der Waals surface area contributed by atoms with Gasteiger partial charge in [0, 0.05) is 33.1 Å². The van der Waals surface area contributed by atoms with Gasteiger partial charge in [0.15, 0.2) is 0 Å². The van der Waals surface area contributed by atoms with Crippen molar-refractivity contribution in [1.29, 1.82) is 0 Å². The molecule has 0 aliphatic heterocycles. The first-order chi connectivity index (χ1) is 12.9. The van der Waals surface area contributed by atoms with Crippen LogP contribution in [-0.4, -0.2) is 9.38 Å². The van der Waals surface area contributed by atoms with Gasteiger partial charge < -0.3 is 8.82 Å². The Labute approximate surface area is 146 Å². The summed E-state index contributed by atoms with van der Waals surface area (Å²) in [6.45, 7) is 0. The van der Waals surface area contributed by atoms with Crippen LogP contribution in [0.4, 0.5) is 0 Å². The summed E-state index contributed by atoms with van der Waals surface area (Å²) in [4.78, 5) is 4.79. The van der Waals surface area contributed by atoms with E-state index in [-0.39, 0.29) is 0 Å². The molecule has 3 heteroatoms. The minimum Gasteiger partial charge on any atom is -0.456 e. The largest absolute Gasteiger partial charge is 0.456 e. The lowest BCUT2D eigenvalue weighted by Crippen LogP contribution is -1.81. The van der Waals surface area contributed by atoms with Gasteiger partial charge in [-0.25, -0.2) is 0 Å². The molecule has 8 aromatic rings. The summed E-state index contributed by atoms with van der Waals surface area (Å²) < 4.78 is 8.65. The lowest BCUT2D eigenvalue weighted by Gasteiger charge is -1.99. The van der Waals surface area contributed by atoms with Gasteiger partial charge in [-0.1, -0.05) is 36.4 Å². The van der Waals surface area contributed by atoms with Crippen molar-refractivity contribution >= 4 is 70.9 Å². The summed E-state index contributed by atoms with van der Waals surface area (Å²) in [7, 11) is 0. The van der Waals surface area contributed by atoms with Crippen molar-refractivity contribution < 1.29 is 4.42 Å². The molecule has 0 unspecified atom stereocenters. The third-order valence-corrected chi connectivity index (χ3v) is 6.10. The third-order valence-electron chi connectivity index (χ3n) is 6.10. The Bertz CT molecular complexity index is 1780. The van der Waals surface area contributed by atoms with Gasteiger partial charge in [-0.2, -0.15) is 0 Å². The Morgan fingerprint density at radius 1 is 0.615 bits per heavy atom. The molecule has 0 saturated carbocycles. The first-order valence-corrected chi connectivity index (χ1v) is 8.83. The van der Waals surface area contributed by atoms with Crippen molar-refractivity contribution in [2.24, 2.45) is 0 Å². The monoisotopic (exact) mass is 330 g/mol. The lowest BCUT2D eigenvalue weighted by atomic mass is 10.1.